The molecule has 2 unspecified atom stereocenters. The molecule has 0 saturated heterocycles. The van der Waals surface area contributed by atoms with Crippen molar-refractivity contribution in [1.82, 2.24) is 0 Å². The molecule has 0 amide bonds. The summed E-state index contributed by atoms with van der Waals surface area (Å²) in [6, 6.07) is 10.3. The molecule has 2 heteroatoms. The molecule has 0 aromatic heterocycles. The first-order valence-electron chi connectivity index (χ1n) is 6.08. The second-order valence-electron chi connectivity index (χ2n) is 4.78. The van der Waals surface area contributed by atoms with E-state index in [1.54, 1.807) is 19.1 Å². The van der Waals surface area contributed by atoms with Crippen molar-refractivity contribution in [3.63, 3.8) is 0 Å². The lowest BCUT2D eigenvalue weighted by atomic mass is 9.75. The number of aliphatic carboxylic acids is 1. The smallest absolute Gasteiger partial charge is 0.313 e. The molecule has 1 aliphatic carbocycles. The van der Waals surface area contributed by atoms with Crippen molar-refractivity contribution in [2.45, 2.75) is 20.8 Å². The summed E-state index contributed by atoms with van der Waals surface area (Å²) in [5.41, 5.74) is 0.608. The van der Waals surface area contributed by atoms with E-state index < -0.39 is 11.4 Å². The zero-order valence-corrected chi connectivity index (χ0v) is 11.1. The number of aryl methyl sites for hydroxylation is 1. The summed E-state index contributed by atoms with van der Waals surface area (Å²) in [4.78, 5) is 10.8. The van der Waals surface area contributed by atoms with Gasteiger partial charge < -0.3 is 5.11 Å². The molecule has 0 aliphatic heterocycles. The highest BCUT2D eigenvalue weighted by atomic mass is 16.4. The predicted molar refractivity (Wildman–Crippen MR) is 74.4 cm³/mol. The predicted octanol–water partition coefficient (Wildman–Crippen LogP) is 3.83. The van der Waals surface area contributed by atoms with Gasteiger partial charge in [0.15, 0.2) is 0 Å². The topological polar surface area (TPSA) is 37.3 Å². The van der Waals surface area contributed by atoms with Gasteiger partial charge in [0.25, 0.3) is 0 Å². The van der Waals surface area contributed by atoms with Crippen LogP contribution in [0, 0.1) is 18.3 Å². The van der Waals surface area contributed by atoms with Crippen LogP contribution in [0.1, 0.15) is 19.4 Å². The van der Waals surface area contributed by atoms with Crippen LogP contribution in [0.15, 0.2) is 54.6 Å². The molecule has 2 nitrogen and oxygen atoms in total. The van der Waals surface area contributed by atoms with E-state index in [-0.39, 0.29) is 5.92 Å². The van der Waals surface area contributed by atoms with Gasteiger partial charge >= 0.3 is 5.97 Å². The van der Waals surface area contributed by atoms with Crippen molar-refractivity contribution in [3.8, 4) is 0 Å². The number of carboxylic acid groups (broad SMARTS) is 1. The Balaban J connectivity index is 0.000000199. The molecule has 0 bridgehead atoms. The average molecular weight is 244 g/mol. The zero-order valence-electron chi connectivity index (χ0n) is 11.1. The number of carboxylic acids is 1. The molecule has 1 aromatic rings. The Morgan fingerprint density at radius 2 is 1.83 bits per heavy atom. The maximum atomic E-state index is 10.8. The third kappa shape index (κ3) is 3.59. The number of benzene rings is 1. The van der Waals surface area contributed by atoms with Crippen LogP contribution in [0.2, 0.25) is 0 Å². The Bertz CT molecular complexity index is 445. The second-order valence-corrected chi connectivity index (χ2v) is 4.78. The van der Waals surface area contributed by atoms with E-state index in [9.17, 15) is 4.79 Å². The molecule has 0 fully saturated rings. The summed E-state index contributed by atoms with van der Waals surface area (Å²) in [7, 11) is 0. The van der Waals surface area contributed by atoms with Crippen LogP contribution in [-0.2, 0) is 4.79 Å². The number of allylic oxidation sites excluding steroid dienone is 3. The second kappa shape index (κ2) is 6.20. The molecule has 18 heavy (non-hydrogen) atoms. The van der Waals surface area contributed by atoms with E-state index in [1.165, 1.54) is 5.56 Å². The van der Waals surface area contributed by atoms with E-state index >= 15 is 0 Å². The molecular weight excluding hydrogens is 224 g/mol. The van der Waals surface area contributed by atoms with E-state index in [1.807, 2.05) is 37.3 Å². The normalized spacial score (nSPS) is 25.2. The van der Waals surface area contributed by atoms with E-state index in [4.69, 9.17) is 5.11 Å². The fourth-order valence-corrected chi connectivity index (χ4v) is 1.64. The minimum atomic E-state index is -0.759. The monoisotopic (exact) mass is 244 g/mol. The van der Waals surface area contributed by atoms with Crippen molar-refractivity contribution in [1.29, 1.82) is 0 Å². The van der Waals surface area contributed by atoms with Crippen LogP contribution in [0.5, 0.6) is 0 Å². The molecule has 0 spiro atoms. The lowest BCUT2D eigenvalue weighted by Gasteiger charge is -2.27. The number of hydrogen-bond acceptors (Lipinski definition) is 1. The van der Waals surface area contributed by atoms with Crippen molar-refractivity contribution < 1.29 is 9.90 Å². The summed E-state index contributed by atoms with van der Waals surface area (Å²) in [5, 5.41) is 8.88. The molecule has 0 saturated carbocycles. The fraction of sp³-hybridized carbons (Fsp3) is 0.312. The SMILES string of the molecule is CC1C=CC=CC1(C)C(=O)O.Cc1ccccc1. The van der Waals surface area contributed by atoms with Crippen molar-refractivity contribution in [2.24, 2.45) is 11.3 Å². The Kier molecular flexibility index (Phi) is 4.90. The quantitative estimate of drug-likeness (QED) is 0.815. The summed E-state index contributed by atoms with van der Waals surface area (Å²) < 4.78 is 0. The van der Waals surface area contributed by atoms with E-state index in [0.717, 1.165) is 0 Å². The Morgan fingerprint density at radius 1 is 1.22 bits per heavy atom. The van der Waals surface area contributed by atoms with Gasteiger partial charge in [-0.15, -0.1) is 0 Å². The van der Waals surface area contributed by atoms with Crippen LogP contribution < -0.4 is 0 Å². The molecular formula is C16H20O2. The lowest BCUT2D eigenvalue weighted by Crippen LogP contribution is -2.32. The van der Waals surface area contributed by atoms with Gasteiger partial charge in [-0.2, -0.15) is 0 Å². The summed E-state index contributed by atoms with van der Waals surface area (Å²) in [5.74, 6) is -0.685. The minimum absolute atomic E-state index is 0.0741. The molecule has 1 aromatic carbocycles. The third-order valence-electron chi connectivity index (χ3n) is 3.30. The summed E-state index contributed by atoms with van der Waals surface area (Å²) in [6.07, 6.45) is 7.32. The van der Waals surface area contributed by atoms with Crippen molar-refractivity contribution >= 4 is 5.97 Å². The van der Waals surface area contributed by atoms with Crippen LogP contribution in [0.25, 0.3) is 0 Å². The highest BCUT2D eigenvalue weighted by Gasteiger charge is 2.35. The van der Waals surface area contributed by atoms with E-state index in [0.29, 0.717) is 0 Å². The molecule has 0 heterocycles. The number of rotatable bonds is 1. The zero-order chi connectivity index (χ0) is 13.6. The standard InChI is InChI=1S/C9H12O2.C7H8/c1-7-5-3-4-6-9(7,2)8(10)11;1-7-5-3-2-4-6-7/h3-7H,1-2H3,(H,10,11);2-6H,1H3. The average Bonchev–Trinajstić information content (AvgIpc) is 2.34. The molecule has 0 radical (unpaired) electrons. The van der Waals surface area contributed by atoms with Gasteiger partial charge in [0.1, 0.15) is 0 Å². The van der Waals surface area contributed by atoms with Gasteiger partial charge in [-0.3, -0.25) is 4.79 Å². The van der Waals surface area contributed by atoms with Gasteiger partial charge in [0.2, 0.25) is 0 Å². The Labute approximate surface area is 109 Å². The van der Waals surface area contributed by atoms with Crippen LogP contribution in [-0.4, -0.2) is 11.1 Å². The highest BCUT2D eigenvalue weighted by molar-refractivity contribution is 5.77. The molecule has 96 valence electrons. The molecule has 1 aliphatic rings. The highest BCUT2D eigenvalue weighted by Crippen LogP contribution is 2.32. The maximum absolute atomic E-state index is 10.8. The summed E-state index contributed by atoms with van der Waals surface area (Å²) in [6.45, 7) is 5.73. The van der Waals surface area contributed by atoms with Crippen LogP contribution >= 0.6 is 0 Å². The van der Waals surface area contributed by atoms with Gasteiger partial charge in [0, 0.05) is 0 Å². The lowest BCUT2D eigenvalue weighted by molar-refractivity contribution is -0.146. The fourth-order valence-electron chi connectivity index (χ4n) is 1.64. The first kappa shape index (κ1) is 14.2. The maximum Gasteiger partial charge on any atom is 0.313 e. The number of carbonyl (C=O) groups is 1. The third-order valence-corrected chi connectivity index (χ3v) is 3.30. The van der Waals surface area contributed by atoms with Gasteiger partial charge in [-0.05, 0) is 19.8 Å². The van der Waals surface area contributed by atoms with Gasteiger partial charge in [0.05, 0.1) is 5.41 Å². The Hall–Kier alpha value is -1.83. The van der Waals surface area contributed by atoms with Gasteiger partial charge in [-0.25, -0.2) is 0 Å². The van der Waals surface area contributed by atoms with Crippen LogP contribution in [0.4, 0.5) is 0 Å². The van der Waals surface area contributed by atoms with E-state index in [2.05, 4.69) is 19.1 Å². The van der Waals surface area contributed by atoms with Crippen LogP contribution in [0.3, 0.4) is 0 Å². The Morgan fingerprint density at radius 3 is 2.17 bits per heavy atom. The summed E-state index contributed by atoms with van der Waals surface area (Å²) >= 11 is 0. The molecule has 2 atom stereocenters. The van der Waals surface area contributed by atoms with Crippen molar-refractivity contribution in [2.75, 3.05) is 0 Å². The first-order chi connectivity index (χ1) is 8.47. The van der Waals surface area contributed by atoms with Crippen molar-refractivity contribution in [3.05, 3.63) is 60.2 Å². The number of hydrogen-bond donors (Lipinski definition) is 1. The minimum Gasteiger partial charge on any atom is -0.481 e. The molecule has 1 N–H and O–H groups in total. The first-order valence-corrected chi connectivity index (χ1v) is 6.08. The largest absolute Gasteiger partial charge is 0.481 e. The molecule has 2 rings (SSSR count). The van der Waals surface area contributed by atoms with Gasteiger partial charge in [-0.1, -0.05) is 67.1 Å².